The molecule has 0 bridgehead atoms. The van der Waals surface area contributed by atoms with Gasteiger partial charge in [0.1, 0.15) is 6.04 Å². The molecule has 3 aliphatic rings. The van der Waals surface area contributed by atoms with Crippen LogP contribution in [0.1, 0.15) is 43.2 Å². The number of nitrogens with zero attached hydrogens (tertiary/aromatic N) is 2. The van der Waals surface area contributed by atoms with Crippen LogP contribution in [0.25, 0.3) is 0 Å². The van der Waals surface area contributed by atoms with Crippen molar-refractivity contribution < 1.29 is 27.9 Å². The number of likely N-dealkylation sites (tertiary alicyclic amines) is 2. The van der Waals surface area contributed by atoms with Crippen LogP contribution >= 0.6 is 0 Å². The molecule has 2 N–H and O–H groups in total. The average molecular weight is 439 g/mol. The van der Waals surface area contributed by atoms with Crippen LogP contribution in [-0.4, -0.2) is 58.6 Å². The summed E-state index contributed by atoms with van der Waals surface area (Å²) in [7, 11) is 0. The number of alkyl halides is 3. The molecule has 31 heavy (non-hydrogen) atoms. The molecule has 0 aromatic heterocycles. The number of halogens is 3. The molecule has 4 atom stereocenters. The molecule has 2 unspecified atom stereocenters. The van der Waals surface area contributed by atoms with E-state index < -0.39 is 23.9 Å². The third-order valence-electron chi connectivity index (χ3n) is 7.00. The lowest BCUT2D eigenvalue weighted by Gasteiger charge is -2.33. The number of carboxylic acid groups (broad SMARTS) is 1. The van der Waals surface area contributed by atoms with Gasteiger partial charge in [-0.15, -0.1) is 0 Å². The Kier molecular flexibility index (Phi) is 6.14. The Bertz CT molecular complexity index is 814. The SMILES string of the molecule is O=C(NC1CC[C@H]2CN(Cc3ccc(C(F)(F)F)cc3)CC12)[C@@H]1CCCCN1C(=O)O. The molecule has 0 radical (unpaired) electrons. The van der Waals surface area contributed by atoms with E-state index in [4.69, 9.17) is 0 Å². The minimum atomic E-state index is -4.33. The zero-order valence-corrected chi connectivity index (χ0v) is 17.3. The summed E-state index contributed by atoms with van der Waals surface area (Å²) in [5, 5.41) is 12.5. The summed E-state index contributed by atoms with van der Waals surface area (Å²) in [6.07, 6.45) is -1.32. The smallest absolute Gasteiger partial charge is 0.416 e. The van der Waals surface area contributed by atoms with Crippen LogP contribution in [0.3, 0.4) is 0 Å². The maximum absolute atomic E-state index is 12.8. The van der Waals surface area contributed by atoms with E-state index in [0.717, 1.165) is 56.5 Å². The summed E-state index contributed by atoms with van der Waals surface area (Å²) >= 11 is 0. The predicted molar refractivity (Wildman–Crippen MR) is 107 cm³/mol. The summed E-state index contributed by atoms with van der Waals surface area (Å²) in [5.41, 5.74) is 0.197. The average Bonchev–Trinajstić information content (AvgIpc) is 3.28. The van der Waals surface area contributed by atoms with Crippen molar-refractivity contribution in [2.45, 2.75) is 56.9 Å². The van der Waals surface area contributed by atoms with E-state index in [1.165, 1.54) is 17.0 Å². The van der Waals surface area contributed by atoms with Crippen LogP contribution in [0, 0.1) is 11.8 Å². The number of rotatable bonds is 4. The van der Waals surface area contributed by atoms with Crippen LogP contribution in [0.5, 0.6) is 0 Å². The van der Waals surface area contributed by atoms with Crippen LogP contribution in [0.2, 0.25) is 0 Å². The second-order valence-electron chi connectivity index (χ2n) is 8.99. The zero-order chi connectivity index (χ0) is 22.2. The second kappa shape index (κ2) is 8.68. The highest BCUT2D eigenvalue weighted by Gasteiger charge is 2.44. The Morgan fingerprint density at radius 1 is 1.06 bits per heavy atom. The molecule has 1 aliphatic carbocycles. The highest BCUT2D eigenvalue weighted by Crippen LogP contribution is 2.39. The third kappa shape index (κ3) is 4.81. The lowest BCUT2D eigenvalue weighted by molar-refractivity contribution is -0.137. The van der Waals surface area contributed by atoms with Crippen molar-refractivity contribution in [3.05, 3.63) is 35.4 Å². The molecule has 1 aromatic carbocycles. The van der Waals surface area contributed by atoms with Crippen molar-refractivity contribution in [3.63, 3.8) is 0 Å². The molecular weight excluding hydrogens is 411 g/mol. The monoisotopic (exact) mass is 439 g/mol. The molecule has 2 heterocycles. The Labute approximate surface area is 179 Å². The van der Waals surface area contributed by atoms with Crippen molar-refractivity contribution in [1.29, 1.82) is 0 Å². The summed E-state index contributed by atoms with van der Waals surface area (Å²) in [6.45, 7) is 2.62. The molecule has 9 heteroatoms. The molecule has 2 saturated heterocycles. The van der Waals surface area contributed by atoms with Crippen molar-refractivity contribution in [2.24, 2.45) is 11.8 Å². The van der Waals surface area contributed by atoms with Crippen LogP contribution in [-0.2, 0) is 17.5 Å². The summed E-state index contributed by atoms with van der Waals surface area (Å²) < 4.78 is 38.3. The van der Waals surface area contributed by atoms with E-state index in [9.17, 15) is 27.9 Å². The minimum Gasteiger partial charge on any atom is -0.465 e. The molecule has 6 nitrogen and oxygen atoms in total. The Balaban J connectivity index is 1.33. The van der Waals surface area contributed by atoms with E-state index in [0.29, 0.717) is 31.3 Å². The first-order chi connectivity index (χ1) is 14.7. The van der Waals surface area contributed by atoms with Crippen LogP contribution in [0.15, 0.2) is 24.3 Å². The first-order valence-electron chi connectivity index (χ1n) is 10.9. The number of benzene rings is 1. The van der Waals surface area contributed by atoms with Gasteiger partial charge in [-0.05, 0) is 61.6 Å². The van der Waals surface area contributed by atoms with Gasteiger partial charge in [-0.2, -0.15) is 13.2 Å². The summed E-state index contributed by atoms with van der Waals surface area (Å²) in [6, 6.07) is 4.70. The van der Waals surface area contributed by atoms with E-state index in [1.54, 1.807) is 0 Å². The van der Waals surface area contributed by atoms with E-state index in [-0.39, 0.29) is 11.9 Å². The highest BCUT2D eigenvalue weighted by molar-refractivity contribution is 5.85. The van der Waals surface area contributed by atoms with Gasteiger partial charge >= 0.3 is 12.3 Å². The van der Waals surface area contributed by atoms with E-state index in [1.807, 2.05) is 0 Å². The van der Waals surface area contributed by atoms with Crippen LogP contribution < -0.4 is 5.32 Å². The van der Waals surface area contributed by atoms with Gasteiger partial charge in [0.05, 0.1) is 5.56 Å². The summed E-state index contributed by atoms with van der Waals surface area (Å²) in [4.78, 5) is 27.8. The number of fused-ring (bicyclic) bond motifs is 1. The quantitative estimate of drug-likeness (QED) is 0.753. The number of carbonyl (C=O) groups is 2. The lowest BCUT2D eigenvalue weighted by Crippen LogP contribution is -2.54. The van der Waals surface area contributed by atoms with Crippen LogP contribution in [0.4, 0.5) is 18.0 Å². The van der Waals surface area contributed by atoms with Gasteiger partial charge in [0, 0.05) is 32.2 Å². The van der Waals surface area contributed by atoms with Gasteiger partial charge in [0.15, 0.2) is 0 Å². The number of nitrogens with one attached hydrogen (secondary N) is 1. The first-order valence-corrected chi connectivity index (χ1v) is 10.9. The number of carbonyl (C=O) groups excluding carboxylic acids is 1. The fraction of sp³-hybridized carbons (Fsp3) is 0.636. The molecule has 1 aromatic rings. The molecule has 2 amide bonds. The second-order valence-corrected chi connectivity index (χ2v) is 8.99. The van der Waals surface area contributed by atoms with Gasteiger partial charge in [-0.25, -0.2) is 4.79 Å². The topological polar surface area (TPSA) is 72.9 Å². The molecule has 1 saturated carbocycles. The fourth-order valence-electron chi connectivity index (χ4n) is 5.44. The van der Waals surface area contributed by atoms with E-state index in [2.05, 4.69) is 10.2 Å². The van der Waals surface area contributed by atoms with Gasteiger partial charge in [-0.3, -0.25) is 14.6 Å². The zero-order valence-electron chi connectivity index (χ0n) is 17.3. The Morgan fingerprint density at radius 3 is 2.48 bits per heavy atom. The highest BCUT2D eigenvalue weighted by atomic mass is 19.4. The third-order valence-corrected chi connectivity index (χ3v) is 7.00. The molecule has 0 spiro atoms. The van der Waals surface area contributed by atoms with Gasteiger partial charge in [0.2, 0.25) is 5.91 Å². The van der Waals surface area contributed by atoms with Crippen molar-refractivity contribution in [1.82, 2.24) is 15.1 Å². The summed E-state index contributed by atoms with van der Waals surface area (Å²) in [5.74, 6) is 0.538. The fourth-order valence-corrected chi connectivity index (χ4v) is 5.44. The maximum atomic E-state index is 12.8. The Hall–Kier alpha value is -2.29. The first kappa shape index (κ1) is 21.9. The Morgan fingerprint density at radius 2 is 1.81 bits per heavy atom. The van der Waals surface area contributed by atoms with Gasteiger partial charge in [-0.1, -0.05) is 12.1 Å². The maximum Gasteiger partial charge on any atom is 0.416 e. The molecular formula is C22H28F3N3O3. The standard InChI is InChI=1S/C22H28F3N3O3/c23-22(24,25)16-7-4-14(5-8-16)11-27-12-15-6-9-18(17(15)13-27)26-20(29)19-3-1-2-10-28(19)21(30)31/h4-5,7-8,15,17-19H,1-3,6,9-13H2,(H,26,29)(H,30,31)/t15-,17?,18?,19-/m0/s1. The van der Waals surface area contributed by atoms with Crippen molar-refractivity contribution in [3.8, 4) is 0 Å². The number of hydrogen-bond donors (Lipinski definition) is 2. The van der Waals surface area contributed by atoms with Crippen molar-refractivity contribution >= 4 is 12.0 Å². The number of amides is 2. The van der Waals surface area contributed by atoms with Gasteiger partial charge in [0.25, 0.3) is 0 Å². The number of piperidine rings is 1. The lowest BCUT2D eigenvalue weighted by atomic mass is 9.96. The molecule has 170 valence electrons. The molecule has 3 fully saturated rings. The largest absolute Gasteiger partial charge is 0.465 e. The van der Waals surface area contributed by atoms with Crippen molar-refractivity contribution in [2.75, 3.05) is 19.6 Å². The molecule has 4 rings (SSSR count). The molecule has 2 aliphatic heterocycles. The van der Waals surface area contributed by atoms with Gasteiger partial charge < -0.3 is 10.4 Å². The number of hydrogen-bond acceptors (Lipinski definition) is 3. The van der Waals surface area contributed by atoms with E-state index >= 15 is 0 Å². The minimum absolute atomic E-state index is 0.0210. The predicted octanol–water partition coefficient (Wildman–Crippen LogP) is 3.56. The normalized spacial score (nSPS) is 29.1.